The van der Waals surface area contributed by atoms with Gasteiger partial charge in [-0.3, -0.25) is 0 Å². The summed E-state index contributed by atoms with van der Waals surface area (Å²) >= 11 is 6.13. The minimum absolute atomic E-state index is 0.272. The Morgan fingerprint density at radius 2 is 2.04 bits per heavy atom. The standard InChI is InChI=1S/C20H18ClN5O/c1-13-9-15(21)12-16(10-13)22-18-7-8-19-23-24-20(26(19)25-18)11-14-3-2-4-17(27)6-5-14/h3-10,12,27H,2,11H2,1H3,(H,22,25). The maximum Gasteiger partial charge on any atom is 0.178 e. The summed E-state index contributed by atoms with van der Waals surface area (Å²) in [5, 5.41) is 26.6. The van der Waals surface area contributed by atoms with E-state index in [0.717, 1.165) is 22.6 Å². The third kappa shape index (κ3) is 4.01. The highest BCUT2D eigenvalue weighted by atomic mass is 35.5. The van der Waals surface area contributed by atoms with Crippen molar-refractivity contribution in [3.63, 3.8) is 0 Å². The number of nitrogens with zero attached hydrogens (tertiary/aromatic N) is 4. The van der Waals surface area contributed by atoms with Crippen LogP contribution in [0.5, 0.6) is 0 Å². The van der Waals surface area contributed by atoms with Gasteiger partial charge < -0.3 is 10.4 Å². The van der Waals surface area contributed by atoms with Gasteiger partial charge in [-0.15, -0.1) is 15.3 Å². The summed E-state index contributed by atoms with van der Waals surface area (Å²) in [5.41, 5.74) is 3.67. The molecule has 27 heavy (non-hydrogen) atoms. The monoisotopic (exact) mass is 379 g/mol. The largest absolute Gasteiger partial charge is 0.508 e. The van der Waals surface area contributed by atoms with Crippen LogP contribution in [0.3, 0.4) is 0 Å². The lowest BCUT2D eigenvalue weighted by Gasteiger charge is -2.08. The Labute approximate surface area is 161 Å². The second kappa shape index (κ2) is 7.25. The van der Waals surface area contributed by atoms with Crippen molar-refractivity contribution in [2.45, 2.75) is 19.8 Å². The van der Waals surface area contributed by atoms with Crippen molar-refractivity contribution in [2.75, 3.05) is 5.32 Å². The average Bonchev–Trinajstić information content (AvgIpc) is 2.88. The third-order valence-corrected chi connectivity index (χ3v) is 4.40. The summed E-state index contributed by atoms with van der Waals surface area (Å²) < 4.78 is 1.73. The minimum Gasteiger partial charge on any atom is -0.508 e. The second-order valence-corrected chi connectivity index (χ2v) is 6.84. The molecular weight excluding hydrogens is 362 g/mol. The zero-order valence-electron chi connectivity index (χ0n) is 14.7. The Morgan fingerprint density at radius 1 is 1.15 bits per heavy atom. The van der Waals surface area contributed by atoms with Gasteiger partial charge in [-0.25, -0.2) is 0 Å². The number of hydrogen-bond acceptors (Lipinski definition) is 5. The number of fused-ring (bicyclic) bond motifs is 1. The predicted molar refractivity (Wildman–Crippen MR) is 107 cm³/mol. The molecule has 136 valence electrons. The predicted octanol–water partition coefficient (Wildman–Crippen LogP) is 4.70. The van der Waals surface area contributed by atoms with Crippen LogP contribution in [-0.2, 0) is 6.42 Å². The van der Waals surface area contributed by atoms with Gasteiger partial charge in [0.25, 0.3) is 0 Å². The first-order chi connectivity index (χ1) is 13.1. The molecule has 0 saturated carbocycles. The normalized spacial score (nSPS) is 14.0. The zero-order chi connectivity index (χ0) is 18.8. The van der Waals surface area contributed by atoms with E-state index in [1.54, 1.807) is 16.7 Å². The van der Waals surface area contributed by atoms with Crippen LogP contribution in [0.1, 0.15) is 17.8 Å². The maximum absolute atomic E-state index is 9.60. The SMILES string of the molecule is Cc1cc(Cl)cc(Nc2ccc3nnc(CC4=CCC=C(O)C=C4)n3n2)c1. The van der Waals surface area contributed by atoms with Crippen LogP contribution in [0.25, 0.3) is 5.65 Å². The van der Waals surface area contributed by atoms with E-state index in [1.165, 1.54) is 0 Å². The van der Waals surface area contributed by atoms with Crippen molar-refractivity contribution >= 4 is 28.8 Å². The topological polar surface area (TPSA) is 75.3 Å². The number of allylic oxidation sites excluding steroid dienone is 5. The van der Waals surface area contributed by atoms with E-state index in [9.17, 15) is 5.11 Å². The molecule has 1 aliphatic carbocycles. The molecule has 2 heterocycles. The third-order valence-electron chi connectivity index (χ3n) is 4.18. The molecule has 0 bridgehead atoms. The summed E-state index contributed by atoms with van der Waals surface area (Å²) in [6.07, 6.45) is 8.64. The maximum atomic E-state index is 9.60. The van der Waals surface area contributed by atoms with Crippen LogP contribution in [0.4, 0.5) is 11.5 Å². The molecule has 0 unspecified atom stereocenters. The minimum atomic E-state index is 0.272. The number of aliphatic hydroxyl groups is 1. The summed E-state index contributed by atoms with van der Waals surface area (Å²) in [4.78, 5) is 0. The molecule has 6 nitrogen and oxygen atoms in total. The number of halogens is 1. The van der Waals surface area contributed by atoms with E-state index in [2.05, 4.69) is 26.7 Å². The number of hydrogen-bond donors (Lipinski definition) is 2. The highest BCUT2D eigenvalue weighted by Gasteiger charge is 2.10. The number of aryl methyl sites for hydroxylation is 1. The molecule has 7 heteroatoms. The average molecular weight is 380 g/mol. The first kappa shape index (κ1) is 17.3. The van der Waals surface area contributed by atoms with E-state index < -0.39 is 0 Å². The van der Waals surface area contributed by atoms with Gasteiger partial charge in [-0.05, 0) is 67.0 Å². The van der Waals surface area contributed by atoms with E-state index in [1.807, 2.05) is 43.3 Å². The summed E-state index contributed by atoms with van der Waals surface area (Å²) in [5.74, 6) is 1.68. The summed E-state index contributed by atoms with van der Waals surface area (Å²) in [6, 6.07) is 9.49. The summed E-state index contributed by atoms with van der Waals surface area (Å²) in [7, 11) is 0. The van der Waals surface area contributed by atoms with Crippen LogP contribution < -0.4 is 5.32 Å². The first-order valence-corrected chi connectivity index (χ1v) is 8.96. The molecular formula is C20H18ClN5O. The molecule has 0 saturated heterocycles. The van der Waals surface area contributed by atoms with E-state index in [0.29, 0.717) is 29.3 Å². The molecule has 3 aromatic rings. The molecule has 0 amide bonds. The van der Waals surface area contributed by atoms with Crippen LogP contribution in [0, 0.1) is 6.92 Å². The lowest BCUT2D eigenvalue weighted by molar-refractivity contribution is 0.431. The molecule has 4 rings (SSSR count). The Morgan fingerprint density at radius 3 is 2.89 bits per heavy atom. The fourth-order valence-corrected chi connectivity index (χ4v) is 3.23. The van der Waals surface area contributed by atoms with Crippen molar-refractivity contribution in [1.29, 1.82) is 0 Å². The molecule has 2 aromatic heterocycles. The van der Waals surface area contributed by atoms with Crippen molar-refractivity contribution < 1.29 is 5.11 Å². The molecule has 0 fully saturated rings. The number of benzene rings is 1. The van der Waals surface area contributed by atoms with Gasteiger partial charge >= 0.3 is 0 Å². The van der Waals surface area contributed by atoms with Gasteiger partial charge in [0, 0.05) is 17.1 Å². The lowest BCUT2D eigenvalue weighted by Crippen LogP contribution is -2.03. The Bertz CT molecular complexity index is 1080. The highest BCUT2D eigenvalue weighted by molar-refractivity contribution is 6.30. The van der Waals surface area contributed by atoms with Gasteiger partial charge in [0.15, 0.2) is 17.3 Å². The van der Waals surface area contributed by atoms with Crippen LogP contribution >= 0.6 is 11.6 Å². The van der Waals surface area contributed by atoms with E-state index in [-0.39, 0.29) is 5.76 Å². The van der Waals surface area contributed by atoms with Crippen molar-refractivity contribution in [3.8, 4) is 0 Å². The number of aromatic nitrogens is 4. The molecule has 0 radical (unpaired) electrons. The number of anilines is 2. The van der Waals surface area contributed by atoms with Gasteiger partial charge in [-0.2, -0.15) is 4.52 Å². The molecule has 0 aliphatic heterocycles. The van der Waals surface area contributed by atoms with E-state index in [4.69, 9.17) is 11.6 Å². The van der Waals surface area contributed by atoms with Crippen LogP contribution in [0.2, 0.25) is 5.02 Å². The van der Waals surface area contributed by atoms with Gasteiger partial charge in [0.1, 0.15) is 5.76 Å². The van der Waals surface area contributed by atoms with Gasteiger partial charge in [0.05, 0.1) is 0 Å². The fourth-order valence-electron chi connectivity index (χ4n) is 2.94. The fraction of sp³-hybridized carbons (Fsp3) is 0.150. The molecule has 0 atom stereocenters. The molecule has 1 aromatic carbocycles. The zero-order valence-corrected chi connectivity index (χ0v) is 15.5. The number of rotatable bonds is 4. The Hall–Kier alpha value is -3.12. The number of aliphatic hydroxyl groups excluding tert-OH is 1. The smallest absolute Gasteiger partial charge is 0.178 e. The Kier molecular flexibility index (Phi) is 4.64. The van der Waals surface area contributed by atoms with Gasteiger partial charge in [0.2, 0.25) is 0 Å². The Balaban J connectivity index is 1.61. The van der Waals surface area contributed by atoms with Gasteiger partial charge in [-0.1, -0.05) is 23.8 Å². The quantitative estimate of drug-likeness (QED) is 0.687. The molecule has 1 aliphatic rings. The summed E-state index contributed by atoms with van der Waals surface area (Å²) in [6.45, 7) is 1.99. The molecule has 2 N–H and O–H groups in total. The second-order valence-electron chi connectivity index (χ2n) is 6.40. The van der Waals surface area contributed by atoms with Crippen LogP contribution in [0.15, 0.2) is 66.0 Å². The van der Waals surface area contributed by atoms with Crippen molar-refractivity contribution in [1.82, 2.24) is 19.8 Å². The van der Waals surface area contributed by atoms with E-state index >= 15 is 0 Å². The molecule has 0 spiro atoms. The van der Waals surface area contributed by atoms with Crippen molar-refractivity contribution in [3.05, 3.63) is 82.4 Å². The lowest BCUT2D eigenvalue weighted by atomic mass is 10.1. The first-order valence-electron chi connectivity index (χ1n) is 8.58. The van der Waals surface area contributed by atoms with Crippen molar-refractivity contribution in [2.24, 2.45) is 0 Å². The van der Waals surface area contributed by atoms with Crippen LogP contribution in [-0.4, -0.2) is 24.9 Å². The number of nitrogens with one attached hydrogen (secondary N) is 1. The highest BCUT2D eigenvalue weighted by Crippen LogP contribution is 2.22.